The highest BCUT2D eigenvalue weighted by atomic mass is 16.5. The second kappa shape index (κ2) is 4.86. The van der Waals surface area contributed by atoms with E-state index in [1.165, 1.54) is 0 Å². The summed E-state index contributed by atoms with van der Waals surface area (Å²) in [5.41, 5.74) is 5.95. The SMILES string of the molecule is Cc1c(N)nc(C2CC2)nc1NCC1(O)CCOC1C. The molecule has 1 aromatic rings. The van der Waals surface area contributed by atoms with Crippen molar-refractivity contribution in [2.24, 2.45) is 0 Å². The third-order valence-corrected chi connectivity index (χ3v) is 4.36. The van der Waals surface area contributed by atoms with Gasteiger partial charge in [0.15, 0.2) is 0 Å². The lowest BCUT2D eigenvalue weighted by Gasteiger charge is -2.27. The summed E-state index contributed by atoms with van der Waals surface area (Å²) in [4.78, 5) is 8.90. The predicted molar refractivity (Wildman–Crippen MR) is 76.6 cm³/mol. The van der Waals surface area contributed by atoms with E-state index in [2.05, 4.69) is 15.3 Å². The average molecular weight is 278 g/mol. The van der Waals surface area contributed by atoms with E-state index in [0.717, 1.165) is 30.0 Å². The Labute approximate surface area is 118 Å². The van der Waals surface area contributed by atoms with E-state index in [9.17, 15) is 5.11 Å². The van der Waals surface area contributed by atoms with Gasteiger partial charge in [-0.15, -0.1) is 0 Å². The Bertz CT molecular complexity index is 518. The smallest absolute Gasteiger partial charge is 0.136 e. The molecule has 1 saturated heterocycles. The first-order valence-electron chi connectivity index (χ1n) is 7.21. The van der Waals surface area contributed by atoms with Crippen LogP contribution in [0.4, 0.5) is 11.6 Å². The monoisotopic (exact) mass is 278 g/mol. The predicted octanol–water partition coefficient (Wildman–Crippen LogP) is 1.20. The van der Waals surface area contributed by atoms with E-state index in [1.54, 1.807) is 0 Å². The van der Waals surface area contributed by atoms with Gasteiger partial charge in [0, 0.05) is 31.1 Å². The number of ether oxygens (including phenoxy) is 1. The number of anilines is 2. The lowest BCUT2D eigenvalue weighted by atomic mass is 9.97. The Hall–Kier alpha value is -1.40. The summed E-state index contributed by atoms with van der Waals surface area (Å²) in [5, 5.41) is 13.7. The minimum Gasteiger partial charge on any atom is -0.385 e. The number of nitrogens with zero attached hydrogens (tertiary/aromatic N) is 2. The minimum absolute atomic E-state index is 0.169. The van der Waals surface area contributed by atoms with Crippen molar-refractivity contribution in [2.75, 3.05) is 24.2 Å². The van der Waals surface area contributed by atoms with Gasteiger partial charge in [0.1, 0.15) is 23.1 Å². The van der Waals surface area contributed by atoms with Gasteiger partial charge in [0.2, 0.25) is 0 Å². The Kier molecular flexibility index (Phi) is 3.30. The van der Waals surface area contributed by atoms with E-state index in [1.807, 2.05) is 13.8 Å². The minimum atomic E-state index is -0.841. The molecule has 4 N–H and O–H groups in total. The first-order valence-corrected chi connectivity index (χ1v) is 7.21. The van der Waals surface area contributed by atoms with Crippen molar-refractivity contribution in [3.05, 3.63) is 11.4 Å². The third kappa shape index (κ3) is 2.45. The summed E-state index contributed by atoms with van der Waals surface area (Å²) in [6.07, 6.45) is 2.74. The summed E-state index contributed by atoms with van der Waals surface area (Å²) >= 11 is 0. The zero-order chi connectivity index (χ0) is 14.3. The van der Waals surface area contributed by atoms with Crippen LogP contribution in [0.1, 0.15) is 43.5 Å². The molecule has 3 rings (SSSR count). The van der Waals surface area contributed by atoms with Crippen molar-refractivity contribution in [1.29, 1.82) is 0 Å². The number of hydrogen-bond donors (Lipinski definition) is 3. The van der Waals surface area contributed by atoms with Gasteiger partial charge in [-0.3, -0.25) is 0 Å². The maximum absolute atomic E-state index is 10.5. The lowest BCUT2D eigenvalue weighted by molar-refractivity contribution is -0.0176. The summed E-state index contributed by atoms with van der Waals surface area (Å²) in [7, 11) is 0. The molecule has 0 amide bonds. The van der Waals surface area contributed by atoms with Crippen LogP contribution < -0.4 is 11.1 Å². The second-order valence-corrected chi connectivity index (χ2v) is 5.94. The molecule has 0 radical (unpaired) electrons. The van der Waals surface area contributed by atoms with E-state index in [-0.39, 0.29) is 6.10 Å². The van der Waals surface area contributed by atoms with Crippen LogP contribution in [0.15, 0.2) is 0 Å². The zero-order valence-electron chi connectivity index (χ0n) is 12.0. The molecule has 0 bridgehead atoms. The van der Waals surface area contributed by atoms with Crippen LogP contribution >= 0.6 is 0 Å². The lowest BCUT2D eigenvalue weighted by Crippen LogP contribution is -2.43. The van der Waals surface area contributed by atoms with Gasteiger partial charge in [-0.25, -0.2) is 9.97 Å². The van der Waals surface area contributed by atoms with Gasteiger partial charge >= 0.3 is 0 Å². The number of nitrogen functional groups attached to an aromatic ring is 1. The van der Waals surface area contributed by atoms with Crippen molar-refractivity contribution >= 4 is 11.6 Å². The third-order valence-electron chi connectivity index (χ3n) is 4.36. The highest BCUT2D eigenvalue weighted by molar-refractivity contribution is 5.55. The molecule has 1 aliphatic heterocycles. The van der Waals surface area contributed by atoms with E-state index in [4.69, 9.17) is 10.5 Å². The molecule has 2 fully saturated rings. The van der Waals surface area contributed by atoms with Crippen LogP contribution in [0, 0.1) is 6.92 Å². The highest BCUT2D eigenvalue weighted by Crippen LogP contribution is 2.39. The largest absolute Gasteiger partial charge is 0.385 e. The Morgan fingerprint density at radius 3 is 2.80 bits per heavy atom. The van der Waals surface area contributed by atoms with E-state index in [0.29, 0.717) is 31.3 Å². The fraction of sp³-hybridized carbons (Fsp3) is 0.714. The van der Waals surface area contributed by atoms with Gasteiger partial charge in [-0.1, -0.05) is 0 Å². The number of aromatic nitrogens is 2. The van der Waals surface area contributed by atoms with Gasteiger partial charge in [-0.2, -0.15) is 0 Å². The van der Waals surface area contributed by atoms with Crippen molar-refractivity contribution in [1.82, 2.24) is 9.97 Å². The van der Waals surface area contributed by atoms with Crippen molar-refractivity contribution in [3.63, 3.8) is 0 Å². The molecular formula is C14H22N4O2. The molecule has 2 heterocycles. The zero-order valence-corrected chi connectivity index (χ0v) is 12.0. The molecule has 0 spiro atoms. The first-order chi connectivity index (χ1) is 9.49. The summed E-state index contributed by atoms with van der Waals surface area (Å²) in [5.74, 6) is 2.52. The van der Waals surface area contributed by atoms with Crippen molar-refractivity contribution < 1.29 is 9.84 Å². The van der Waals surface area contributed by atoms with Crippen LogP contribution in [0.2, 0.25) is 0 Å². The Morgan fingerprint density at radius 1 is 1.45 bits per heavy atom. The van der Waals surface area contributed by atoms with Crippen LogP contribution in [0.5, 0.6) is 0 Å². The summed E-state index contributed by atoms with van der Waals surface area (Å²) < 4.78 is 5.44. The van der Waals surface area contributed by atoms with Crippen molar-refractivity contribution in [2.45, 2.75) is 50.7 Å². The molecule has 0 aromatic carbocycles. The van der Waals surface area contributed by atoms with Crippen LogP contribution in [-0.4, -0.2) is 39.9 Å². The molecule has 1 aliphatic carbocycles. The topological polar surface area (TPSA) is 93.3 Å². The number of aliphatic hydroxyl groups is 1. The Morgan fingerprint density at radius 2 is 2.20 bits per heavy atom. The molecule has 1 aromatic heterocycles. The first kappa shape index (κ1) is 13.6. The van der Waals surface area contributed by atoms with Gasteiger partial charge < -0.3 is 20.9 Å². The summed E-state index contributed by atoms with van der Waals surface area (Å²) in [6, 6.07) is 0. The molecule has 6 nitrogen and oxygen atoms in total. The number of hydrogen-bond acceptors (Lipinski definition) is 6. The number of nitrogens with one attached hydrogen (secondary N) is 1. The number of nitrogens with two attached hydrogens (primary N) is 1. The van der Waals surface area contributed by atoms with E-state index < -0.39 is 5.60 Å². The fourth-order valence-electron chi connectivity index (χ4n) is 2.49. The summed E-state index contributed by atoms with van der Waals surface area (Å²) in [6.45, 7) is 4.80. The molecule has 2 aliphatic rings. The van der Waals surface area contributed by atoms with E-state index >= 15 is 0 Å². The normalized spacial score (nSPS) is 29.6. The van der Waals surface area contributed by atoms with Gasteiger partial charge in [0.25, 0.3) is 0 Å². The van der Waals surface area contributed by atoms with Crippen LogP contribution in [0.3, 0.4) is 0 Å². The quantitative estimate of drug-likeness (QED) is 0.766. The van der Waals surface area contributed by atoms with Crippen molar-refractivity contribution in [3.8, 4) is 0 Å². The molecule has 2 unspecified atom stereocenters. The molecule has 1 saturated carbocycles. The standard InChI is InChI=1S/C14H22N4O2/c1-8-11(15)17-13(10-3-4-10)18-12(8)16-7-14(19)5-6-20-9(14)2/h9-10,19H,3-7H2,1-2H3,(H3,15,16,17,18). The van der Waals surface area contributed by atoms with Crippen LogP contribution in [0.25, 0.3) is 0 Å². The van der Waals surface area contributed by atoms with Gasteiger partial charge in [-0.05, 0) is 26.7 Å². The fourth-order valence-corrected chi connectivity index (χ4v) is 2.49. The van der Waals surface area contributed by atoms with Gasteiger partial charge in [0.05, 0.1) is 6.10 Å². The molecular weight excluding hydrogens is 256 g/mol. The molecule has 6 heteroatoms. The molecule has 20 heavy (non-hydrogen) atoms. The maximum atomic E-state index is 10.5. The molecule has 2 atom stereocenters. The second-order valence-electron chi connectivity index (χ2n) is 5.94. The Balaban J connectivity index is 1.76. The van der Waals surface area contributed by atoms with Crippen LogP contribution in [-0.2, 0) is 4.74 Å². The average Bonchev–Trinajstić information content (AvgIpc) is 3.20. The molecule has 110 valence electrons. The maximum Gasteiger partial charge on any atom is 0.136 e. The highest BCUT2D eigenvalue weighted by Gasteiger charge is 2.39. The number of rotatable bonds is 4.